The molecule has 0 radical (unpaired) electrons. The van der Waals surface area contributed by atoms with Crippen molar-refractivity contribution in [2.24, 2.45) is 0 Å². The molecule has 0 aliphatic carbocycles. The van der Waals surface area contributed by atoms with E-state index >= 15 is 0 Å². The van der Waals surface area contributed by atoms with Gasteiger partial charge in [-0.05, 0) is 18.2 Å². The van der Waals surface area contributed by atoms with Crippen molar-refractivity contribution < 1.29 is 36.3 Å². The van der Waals surface area contributed by atoms with Gasteiger partial charge < -0.3 is 10.1 Å². The van der Waals surface area contributed by atoms with E-state index in [9.17, 15) is 31.5 Å². The first-order valence-electron chi connectivity index (χ1n) is 9.55. The third kappa shape index (κ3) is 4.91. The second-order valence-corrected chi connectivity index (χ2v) is 7.34. The van der Waals surface area contributed by atoms with E-state index in [1.54, 1.807) is 0 Å². The van der Waals surface area contributed by atoms with Crippen LogP contribution in [-0.2, 0) is 22.3 Å². The maximum Gasteiger partial charge on any atom is 0.435 e. The number of benzene rings is 1. The molecule has 1 N–H and O–H groups in total. The minimum Gasteiger partial charge on any atom is -0.392 e. The normalized spacial score (nSPS) is 11.7. The van der Waals surface area contributed by atoms with Crippen molar-refractivity contribution >= 4 is 41.2 Å². The molecule has 182 valence electrons. The number of imidazole rings is 1. The molecule has 0 aliphatic heterocycles. The van der Waals surface area contributed by atoms with Crippen molar-refractivity contribution in [1.82, 2.24) is 24.1 Å². The van der Waals surface area contributed by atoms with Crippen molar-refractivity contribution in [3.63, 3.8) is 0 Å². The second kappa shape index (κ2) is 9.29. The van der Waals surface area contributed by atoms with Crippen molar-refractivity contribution in [3.05, 3.63) is 59.3 Å². The van der Waals surface area contributed by atoms with Crippen LogP contribution < -0.4 is 5.32 Å². The Hall–Kier alpha value is -4.07. The smallest absolute Gasteiger partial charge is 0.392 e. The molecule has 0 unspecified atom stereocenters. The molecule has 0 fully saturated rings. The third-order valence-corrected chi connectivity index (χ3v) is 4.98. The van der Waals surface area contributed by atoms with Crippen LogP contribution in [0.4, 0.5) is 33.5 Å². The number of esters is 1. The zero-order chi connectivity index (χ0) is 25.3. The van der Waals surface area contributed by atoms with E-state index in [1.165, 1.54) is 35.0 Å². The summed E-state index contributed by atoms with van der Waals surface area (Å²) >= 11 is 6.06. The number of rotatable bonds is 7. The number of nitrogens with zero attached hydrogens (tertiary/aromatic N) is 5. The Morgan fingerprint density at radius 2 is 2.03 bits per heavy atom. The highest BCUT2D eigenvalue weighted by atomic mass is 35.5. The van der Waals surface area contributed by atoms with Crippen molar-refractivity contribution in [2.75, 3.05) is 5.32 Å². The minimum absolute atomic E-state index is 0.0350. The topological polar surface area (TPSA) is 103 Å². The Labute approximate surface area is 197 Å². The van der Waals surface area contributed by atoms with Gasteiger partial charge in [-0.15, -0.1) is 0 Å². The Balaban J connectivity index is 1.72. The molecule has 0 bridgehead atoms. The van der Waals surface area contributed by atoms with Gasteiger partial charge in [0.1, 0.15) is 6.54 Å². The average Bonchev–Trinajstić information content (AvgIpc) is 3.38. The largest absolute Gasteiger partial charge is 0.435 e. The van der Waals surface area contributed by atoms with E-state index in [1.807, 2.05) is 0 Å². The van der Waals surface area contributed by atoms with Crippen LogP contribution in [-0.4, -0.2) is 43.0 Å². The molecule has 3 heterocycles. The predicted molar refractivity (Wildman–Crippen MR) is 111 cm³/mol. The molecule has 0 saturated heterocycles. The van der Waals surface area contributed by atoms with Crippen LogP contribution in [0.15, 0.2) is 43.0 Å². The lowest BCUT2D eigenvalue weighted by Crippen LogP contribution is -2.11. The first kappa shape index (κ1) is 24.1. The summed E-state index contributed by atoms with van der Waals surface area (Å²) in [6.45, 7) is -1.04. The van der Waals surface area contributed by atoms with Gasteiger partial charge in [-0.2, -0.15) is 18.3 Å². The number of ether oxygens (including phenoxy) is 1. The van der Waals surface area contributed by atoms with Gasteiger partial charge in [0, 0.05) is 24.3 Å². The lowest BCUT2D eigenvalue weighted by Gasteiger charge is -2.10. The highest BCUT2D eigenvalue weighted by Gasteiger charge is 2.38. The third-order valence-electron chi connectivity index (χ3n) is 4.67. The highest BCUT2D eigenvalue weighted by molar-refractivity contribution is 6.34. The van der Waals surface area contributed by atoms with Crippen LogP contribution in [0.5, 0.6) is 0 Å². The zero-order valence-electron chi connectivity index (χ0n) is 17.1. The van der Waals surface area contributed by atoms with Crippen molar-refractivity contribution in [2.45, 2.75) is 19.1 Å². The first-order valence-corrected chi connectivity index (χ1v) is 9.92. The number of nitrogens with one attached hydrogen (secondary N) is 1. The summed E-state index contributed by atoms with van der Waals surface area (Å²) in [6, 6.07) is 4.06. The van der Waals surface area contributed by atoms with Crippen LogP contribution in [0.3, 0.4) is 0 Å². The summed E-state index contributed by atoms with van der Waals surface area (Å²) in [4.78, 5) is 30.3. The Morgan fingerprint density at radius 3 is 2.69 bits per heavy atom. The minimum atomic E-state index is -4.90. The van der Waals surface area contributed by atoms with Gasteiger partial charge >= 0.3 is 18.6 Å². The molecule has 0 saturated carbocycles. The van der Waals surface area contributed by atoms with E-state index in [2.05, 4.69) is 25.1 Å². The summed E-state index contributed by atoms with van der Waals surface area (Å²) in [5, 5.41) is 6.13. The number of alkyl halides is 5. The van der Waals surface area contributed by atoms with E-state index in [0.29, 0.717) is 10.4 Å². The van der Waals surface area contributed by atoms with E-state index in [0.717, 1.165) is 12.4 Å². The number of hydrogen-bond acceptors (Lipinski definition) is 7. The second-order valence-electron chi connectivity index (χ2n) is 6.94. The molecular formula is C20H12ClF5N6O3. The molecule has 0 spiro atoms. The summed E-state index contributed by atoms with van der Waals surface area (Å²) in [7, 11) is 0. The van der Waals surface area contributed by atoms with E-state index < -0.39 is 36.4 Å². The molecule has 0 amide bonds. The quantitative estimate of drug-likeness (QED) is 0.166. The molecule has 35 heavy (non-hydrogen) atoms. The Bertz CT molecular complexity index is 1420. The number of carbonyl (C=O) groups is 2. The van der Waals surface area contributed by atoms with E-state index in [4.69, 9.17) is 11.6 Å². The Morgan fingerprint density at radius 1 is 1.26 bits per heavy atom. The van der Waals surface area contributed by atoms with Gasteiger partial charge in [0.25, 0.3) is 6.43 Å². The fourth-order valence-electron chi connectivity index (χ4n) is 3.26. The number of anilines is 2. The average molecular weight is 515 g/mol. The molecule has 0 atom stereocenters. The van der Waals surface area contributed by atoms with Gasteiger partial charge in [0.05, 0.1) is 28.0 Å². The molecule has 4 rings (SSSR count). The molecule has 3 aromatic heterocycles. The van der Waals surface area contributed by atoms with E-state index in [-0.39, 0.29) is 34.2 Å². The molecule has 1 aromatic carbocycles. The summed E-state index contributed by atoms with van der Waals surface area (Å²) in [6.07, 6.45) is -3.15. The van der Waals surface area contributed by atoms with Crippen LogP contribution in [0.2, 0.25) is 5.02 Å². The molecule has 9 nitrogen and oxygen atoms in total. The molecule has 4 aromatic rings. The first-order chi connectivity index (χ1) is 16.6. The lowest BCUT2D eigenvalue weighted by atomic mass is 10.2. The fraction of sp³-hybridized carbons (Fsp3) is 0.150. The Kier molecular flexibility index (Phi) is 6.39. The highest BCUT2D eigenvalue weighted by Crippen LogP contribution is 2.37. The van der Waals surface area contributed by atoms with Crippen LogP contribution >= 0.6 is 11.6 Å². The van der Waals surface area contributed by atoms with Gasteiger partial charge in [-0.1, -0.05) is 11.6 Å². The molecule has 0 aliphatic rings. The van der Waals surface area contributed by atoms with Gasteiger partial charge in [0.15, 0.2) is 17.2 Å². The molecular weight excluding hydrogens is 503 g/mol. The number of fused-ring (bicyclic) bond motifs is 1. The predicted octanol–water partition coefficient (Wildman–Crippen LogP) is 4.59. The number of hydrogen-bond donors (Lipinski definition) is 1. The number of halogens is 6. The maximum atomic E-state index is 13.6. The summed E-state index contributed by atoms with van der Waals surface area (Å²) in [5.41, 5.74) is -1.46. The fourth-order valence-corrected chi connectivity index (χ4v) is 3.52. The standard InChI is InChI=1S/C20H12ClF5N6O3/c21-13-5-10(1-2-11(13)19(34)35-9-33)29-17-18-28-6-14(32(18)4-3-27-17)12-7-31(8-15(22)23)30-16(12)20(24,25)26/h1-7,9,15H,8H2,(H,27,29). The van der Waals surface area contributed by atoms with Crippen LogP contribution in [0.1, 0.15) is 16.1 Å². The molecule has 15 heteroatoms. The van der Waals surface area contributed by atoms with Gasteiger partial charge in [-0.25, -0.2) is 23.5 Å². The van der Waals surface area contributed by atoms with Gasteiger partial charge in [0.2, 0.25) is 0 Å². The SMILES string of the molecule is O=COC(=O)c1ccc(Nc2nccn3c(-c4cn(CC(F)F)nc4C(F)(F)F)cnc23)cc1Cl. The number of carbonyl (C=O) groups excluding carboxylic acids is 2. The number of aromatic nitrogens is 5. The van der Waals surface area contributed by atoms with Crippen LogP contribution in [0.25, 0.3) is 16.9 Å². The lowest BCUT2D eigenvalue weighted by molar-refractivity contribution is -0.141. The zero-order valence-corrected chi connectivity index (χ0v) is 17.9. The van der Waals surface area contributed by atoms with Crippen LogP contribution in [0, 0.1) is 0 Å². The monoisotopic (exact) mass is 514 g/mol. The summed E-state index contributed by atoms with van der Waals surface area (Å²) in [5.74, 6) is -0.839. The van der Waals surface area contributed by atoms with Gasteiger partial charge in [-0.3, -0.25) is 13.9 Å². The maximum absolute atomic E-state index is 13.6. The van der Waals surface area contributed by atoms with Crippen molar-refractivity contribution in [3.8, 4) is 11.3 Å². The summed E-state index contributed by atoms with van der Waals surface area (Å²) < 4.78 is 72.2. The van der Waals surface area contributed by atoms with Crippen molar-refractivity contribution in [1.29, 1.82) is 0 Å².